The maximum absolute atomic E-state index is 11.4. The Morgan fingerprint density at radius 3 is 2.73 bits per heavy atom. The molecule has 3 N–H and O–H groups in total. The summed E-state index contributed by atoms with van der Waals surface area (Å²) in [7, 11) is 0. The van der Waals surface area contributed by atoms with Gasteiger partial charge in [-0.25, -0.2) is 9.78 Å². The topological polar surface area (TPSA) is 108 Å². The zero-order chi connectivity index (χ0) is 25.8. The van der Waals surface area contributed by atoms with E-state index >= 15 is 0 Å². The minimum Gasteiger partial charge on any atom is -0.478 e. The van der Waals surface area contributed by atoms with Gasteiger partial charge >= 0.3 is 5.97 Å². The molecule has 8 nitrogen and oxygen atoms in total. The van der Waals surface area contributed by atoms with Gasteiger partial charge in [-0.3, -0.25) is 4.98 Å². The average Bonchev–Trinajstić information content (AvgIpc) is 2.88. The fraction of sp³-hybridized carbons (Fsp3) is 0.321. The number of fused-ring (bicyclic) bond motifs is 3. The Morgan fingerprint density at radius 1 is 1.08 bits per heavy atom. The second-order valence-electron chi connectivity index (χ2n) is 9.30. The van der Waals surface area contributed by atoms with E-state index in [1.54, 1.807) is 30.5 Å². The molecular formula is C28H29ClN4O4. The highest BCUT2D eigenvalue weighted by Crippen LogP contribution is 2.33. The van der Waals surface area contributed by atoms with Crippen LogP contribution in [0.1, 0.15) is 34.3 Å². The molecule has 1 saturated heterocycles. The number of aliphatic hydroxyl groups is 1. The lowest BCUT2D eigenvalue weighted by molar-refractivity contribution is 0.0321. The van der Waals surface area contributed by atoms with Crippen LogP contribution in [0, 0.1) is 0 Å². The maximum atomic E-state index is 11.4. The van der Waals surface area contributed by atoms with Gasteiger partial charge in [-0.05, 0) is 60.8 Å². The summed E-state index contributed by atoms with van der Waals surface area (Å²) in [5.74, 6) is -0.133. The van der Waals surface area contributed by atoms with Gasteiger partial charge in [0.25, 0.3) is 0 Å². The summed E-state index contributed by atoms with van der Waals surface area (Å²) in [5, 5.41) is 25.6. The van der Waals surface area contributed by atoms with E-state index in [9.17, 15) is 15.0 Å². The third-order valence-corrected chi connectivity index (χ3v) is 6.82. The molecule has 5 rings (SSSR count). The molecule has 3 heterocycles. The third-order valence-electron chi connectivity index (χ3n) is 6.60. The Labute approximate surface area is 219 Å². The first-order chi connectivity index (χ1) is 18.0. The first kappa shape index (κ1) is 25.4. The highest BCUT2D eigenvalue weighted by atomic mass is 35.5. The predicted octanol–water partition coefficient (Wildman–Crippen LogP) is 4.40. The molecule has 192 valence electrons. The van der Waals surface area contributed by atoms with Crippen molar-refractivity contribution in [1.29, 1.82) is 0 Å². The van der Waals surface area contributed by atoms with E-state index in [2.05, 4.69) is 15.2 Å². The standard InChI is InChI=1S/C28H29ClN4O4/c29-21-10-18(9-19(11-21)17-34)13-30-6-1-2-8-37-22-15-33(16-22)27-24-5-7-31-14-25(24)23-4-3-20(28(35)36)12-26(23)32-27/h3-5,7,9-12,14,22,30,34H,1-2,6,8,13,15-17H2,(H,35,36). The van der Waals surface area contributed by atoms with E-state index in [1.807, 2.05) is 24.4 Å². The van der Waals surface area contributed by atoms with Crippen LogP contribution in [0.3, 0.4) is 0 Å². The Bertz CT molecular complexity index is 1420. The molecule has 0 unspecified atom stereocenters. The average molecular weight is 521 g/mol. The summed E-state index contributed by atoms with van der Waals surface area (Å²) >= 11 is 6.09. The van der Waals surface area contributed by atoms with Crippen LogP contribution in [0.25, 0.3) is 21.7 Å². The highest BCUT2D eigenvalue weighted by Gasteiger charge is 2.30. The molecule has 0 amide bonds. The van der Waals surface area contributed by atoms with Crippen LogP contribution in [-0.4, -0.2) is 58.5 Å². The number of benzene rings is 2. The quantitative estimate of drug-likeness (QED) is 0.197. The monoisotopic (exact) mass is 520 g/mol. The predicted molar refractivity (Wildman–Crippen MR) is 144 cm³/mol. The molecule has 0 saturated carbocycles. The van der Waals surface area contributed by atoms with Crippen molar-refractivity contribution in [2.45, 2.75) is 32.1 Å². The molecule has 0 atom stereocenters. The summed E-state index contributed by atoms with van der Waals surface area (Å²) in [5.41, 5.74) is 2.75. The van der Waals surface area contributed by atoms with Crippen LogP contribution >= 0.6 is 11.6 Å². The van der Waals surface area contributed by atoms with Crippen LogP contribution in [-0.2, 0) is 17.9 Å². The van der Waals surface area contributed by atoms with Crippen LogP contribution < -0.4 is 10.2 Å². The number of hydrogen-bond acceptors (Lipinski definition) is 7. The number of pyridine rings is 2. The van der Waals surface area contributed by atoms with Crippen molar-refractivity contribution in [3.63, 3.8) is 0 Å². The SMILES string of the molecule is O=C(O)c1ccc2c(c1)nc(N1CC(OCCCCNCc3cc(Cl)cc(CO)c3)C1)c1ccncc12. The normalized spacial score (nSPS) is 13.8. The van der Waals surface area contributed by atoms with Gasteiger partial charge in [0, 0.05) is 59.8 Å². The van der Waals surface area contributed by atoms with Gasteiger partial charge in [-0.1, -0.05) is 23.7 Å². The van der Waals surface area contributed by atoms with E-state index in [0.717, 1.165) is 65.6 Å². The molecule has 0 aliphatic carbocycles. The first-order valence-electron chi connectivity index (χ1n) is 12.4. The molecule has 9 heteroatoms. The van der Waals surface area contributed by atoms with E-state index < -0.39 is 5.97 Å². The maximum Gasteiger partial charge on any atom is 0.335 e. The van der Waals surface area contributed by atoms with Gasteiger partial charge in [-0.15, -0.1) is 0 Å². The number of nitrogens with one attached hydrogen (secondary N) is 1. The molecule has 0 spiro atoms. The second-order valence-corrected chi connectivity index (χ2v) is 9.74. The number of unbranched alkanes of at least 4 members (excludes halogenated alkanes) is 1. The van der Waals surface area contributed by atoms with E-state index in [4.69, 9.17) is 21.3 Å². The largest absolute Gasteiger partial charge is 0.478 e. The summed E-state index contributed by atoms with van der Waals surface area (Å²) in [6.45, 7) is 3.76. The minimum atomic E-state index is -0.968. The number of carboxylic acid groups (broad SMARTS) is 1. The fourth-order valence-electron chi connectivity index (χ4n) is 4.67. The molecule has 0 bridgehead atoms. The van der Waals surface area contributed by atoms with Crippen LogP contribution in [0.4, 0.5) is 5.82 Å². The molecule has 4 aromatic rings. The molecule has 1 aliphatic heterocycles. The number of carboxylic acids is 1. The smallest absolute Gasteiger partial charge is 0.335 e. The third kappa shape index (κ3) is 5.83. The van der Waals surface area contributed by atoms with Crippen molar-refractivity contribution >= 4 is 45.1 Å². The lowest BCUT2D eigenvalue weighted by Crippen LogP contribution is -2.52. The van der Waals surface area contributed by atoms with E-state index in [1.165, 1.54) is 0 Å². The number of ether oxygens (including phenoxy) is 1. The number of carbonyl (C=O) groups is 1. The van der Waals surface area contributed by atoms with Crippen molar-refractivity contribution in [2.75, 3.05) is 31.1 Å². The summed E-state index contributed by atoms with van der Waals surface area (Å²) in [6, 6.07) is 12.6. The Morgan fingerprint density at radius 2 is 1.92 bits per heavy atom. The summed E-state index contributed by atoms with van der Waals surface area (Å²) in [4.78, 5) is 22.7. The highest BCUT2D eigenvalue weighted by molar-refractivity contribution is 6.30. The van der Waals surface area contributed by atoms with Crippen LogP contribution in [0.15, 0.2) is 54.9 Å². The van der Waals surface area contributed by atoms with Gasteiger partial charge in [-0.2, -0.15) is 0 Å². The van der Waals surface area contributed by atoms with Gasteiger partial charge < -0.3 is 25.2 Å². The first-order valence-corrected chi connectivity index (χ1v) is 12.8. The lowest BCUT2D eigenvalue weighted by Gasteiger charge is -2.40. The van der Waals surface area contributed by atoms with Crippen molar-refractivity contribution < 1.29 is 19.7 Å². The molecular weight excluding hydrogens is 492 g/mol. The lowest BCUT2D eigenvalue weighted by atomic mass is 10.0. The number of aromatic nitrogens is 2. The van der Waals surface area contributed by atoms with Crippen molar-refractivity contribution in [3.8, 4) is 0 Å². The molecule has 1 aliphatic rings. The fourth-order valence-corrected chi connectivity index (χ4v) is 4.95. The number of rotatable bonds is 11. The Balaban J connectivity index is 1.10. The number of nitrogens with zero attached hydrogens (tertiary/aromatic N) is 3. The summed E-state index contributed by atoms with van der Waals surface area (Å²) < 4.78 is 6.06. The zero-order valence-electron chi connectivity index (χ0n) is 20.4. The van der Waals surface area contributed by atoms with Crippen molar-refractivity contribution in [2.24, 2.45) is 0 Å². The molecule has 0 radical (unpaired) electrons. The van der Waals surface area contributed by atoms with E-state index in [-0.39, 0.29) is 18.3 Å². The second kappa shape index (κ2) is 11.4. The number of anilines is 1. The van der Waals surface area contributed by atoms with Crippen molar-refractivity contribution in [1.82, 2.24) is 15.3 Å². The molecule has 2 aromatic heterocycles. The van der Waals surface area contributed by atoms with Gasteiger partial charge in [0.1, 0.15) is 5.82 Å². The molecule has 2 aromatic carbocycles. The van der Waals surface area contributed by atoms with Gasteiger partial charge in [0.2, 0.25) is 0 Å². The zero-order valence-corrected chi connectivity index (χ0v) is 21.1. The van der Waals surface area contributed by atoms with Gasteiger partial charge in [0.05, 0.1) is 23.8 Å². The number of aliphatic hydroxyl groups excluding tert-OH is 1. The summed E-state index contributed by atoms with van der Waals surface area (Å²) in [6.07, 6.45) is 5.67. The molecule has 1 fully saturated rings. The minimum absolute atomic E-state index is 0.0144. The van der Waals surface area contributed by atoms with Crippen LogP contribution in [0.5, 0.6) is 0 Å². The number of hydrogen-bond donors (Lipinski definition) is 3. The number of halogens is 1. The van der Waals surface area contributed by atoms with Crippen LogP contribution in [0.2, 0.25) is 5.02 Å². The van der Waals surface area contributed by atoms with Crippen molar-refractivity contribution in [3.05, 3.63) is 76.6 Å². The van der Waals surface area contributed by atoms with Gasteiger partial charge in [0.15, 0.2) is 0 Å². The molecule has 37 heavy (non-hydrogen) atoms. The Hall–Kier alpha value is -3.30. The van der Waals surface area contributed by atoms with E-state index in [0.29, 0.717) is 23.7 Å². The number of aromatic carboxylic acids is 1. The Kier molecular flexibility index (Phi) is 7.81.